The molecule has 0 aromatic heterocycles. The number of hydrogen-bond donors (Lipinski definition) is 1. The summed E-state index contributed by atoms with van der Waals surface area (Å²) < 4.78 is 10.8. The van der Waals surface area contributed by atoms with Crippen molar-refractivity contribution in [1.29, 1.82) is 0 Å². The third-order valence-corrected chi connectivity index (χ3v) is 3.42. The van der Waals surface area contributed by atoms with Gasteiger partial charge in [-0.15, -0.1) is 0 Å². The fourth-order valence-electron chi connectivity index (χ4n) is 1.79. The second kappa shape index (κ2) is 7.85. The van der Waals surface area contributed by atoms with Crippen LogP contribution in [0.3, 0.4) is 0 Å². The van der Waals surface area contributed by atoms with Crippen LogP contribution in [0.4, 0.5) is 0 Å². The van der Waals surface area contributed by atoms with Gasteiger partial charge in [0.2, 0.25) is 0 Å². The number of amidine groups is 1. The highest BCUT2D eigenvalue weighted by Gasteiger charge is 2.26. The first kappa shape index (κ1) is 15.6. The molecule has 0 aliphatic carbocycles. The Balaban J connectivity index is 2.07. The lowest BCUT2D eigenvalue weighted by molar-refractivity contribution is -0.140. The monoisotopic (exact) mass is 306 g/mol. The van der Waals surface area contributed by atoms with E-state index >= 15 is 0 Å². The van der Waals surface area contributed by atoms with Crippen molar-refractivity contribution >= 4 is 22.9 Å². The number of benzene rings is 1. The van der Waals surface area contributed by atoms with Gasteiger partial charge in [0.05, 0.1) is 13.2 Å². The van der Waals surface area contributed by atoms with Crippen molar-refractivity contribution in [3.8, 4) is 0 Å². The predicted molar refractivity (Wildman–Crippen MR) is 83.8 cm³/mol. The number of nitrogens with zero attached hydrogens (tertiary/aromatic N) is 1. The van der Waals surface area contributed by atoms with Crippen molar-refractivity contribution in [2.75, 3.05) is 12.9 Å². The second-order valence-corrected chi connectivity index (χ2v) is 5.05. The van der Waals surface area contributed by atoms with Crippen molar-refractivity contribution in [1.82, 2.24) is 5.32 Å². The summed E-state index contributed by atoms with van der Waals surface area (Å²) in [5, 5.41) is 3.67. The van der Waals surface area contributed by atoms with E-state index in [1.807, 2.05) is 36.6 Å². The van der Waals surface area contributed by atoms with Gasteiger partial charge in [0.15, 0.2) is 11.4 Å². The van der Waals surface area contributed by atoms with Crippen LogP contribution in [0.15, 0.2) is 47.1 Å². The molecule has 0 spiro atoms. The van der Waals surface area contributed by atoms with Gasteiger partial charge in [-0.25, -0.2) is 9.79 Å². The van der Waals surface area contributed by atoms with Gasteiger partial charge in [0, 0.05) is 6.20 Å². The van der Waals surface area contributed by atoms with E-state index in [1.54, 1.807) is 13.1 Å². The Labute approximate surface area is 128 Å². The first-order chi connectivity index (χ1) is 10.2. The maximum absolute atomic E-state index is 11.9. The Kier molecular flexibility index (Phi) is 5.83. The van der Waals surface area contributed by atoms with Gasteiger partial charge in [0.1, 0.15) is 5.57 Å². The molecule has 0 bridgehead atoms. The van der Waals surface area contributed by atoms with Crippen molar-refractivity contribution < 1.29 is 14.3 Å². The van der Waals surface area contributed by atoms with Crippen LogP contribution >= 0.6 is 11.8 Å². The second-order valence-electron chi connectivity index (χ2n) is 4.25. The summed E-state index contributed by atoms with van der Waals surface area (Å²) in [5.41, 5.74) is 1.41. The van der Waals surface area contributed by atoms with Crippen LogP contribution in [0.2, 0.25) is 0 Å². The van der Waals surface area contributed by atoms with Gasteiger partial charge in [-0.05, 0) is 18.7 Å². The average molecular weight is 306 g/mol. The summed E-state index contributed by atoms with van der Waals surface area (Å²) in [6, 6.07) is 9.77. The van der Waals surface area contributed by atoms with E-state index in [-0.39, 0.29) is 0 Å². The number of thioether (sulfide) groups is 1. The summed E-state index contributed by atoms with van der Waals surface area (Å²) in [5.74, 6) is -0.410. The van der Waals surface area contributed by atoms with E-state index in [9.17, 15) is 4.79 Å². The van der Waals surface area contributed by atoms with E-state index in [0.29, 0.717) is 24.0 Å². The molecule has 1 aliphatic rings. The van der Waals surface area contributed by atoms with Gasteiger partial charge in [-0.1, -0.05) is 42.1 Å². The molecule has 112 valence electrons. The molecule has 0 amide bonds. The number of hydrogen-bond acceptors (Lipinski definition) is 6. The average Bonchev–Trinajstić information content (AvgIpc) is 2.53. The normalized spacial score (nSPS) is 17.5. The van der Waals surface area contributed by atoms with E-state index in [4.69, 9.17) is 9.47 Å². The Morgan fingerprint density at radius 1 is 1.38 bits per heavy atom. The summed E-state index contributed by atoms with van der Waals surface area (Å²) in [6.45, 7) is 2.47. The number of carbonyl (C=O) groups is 1. The van der Waals surface area contributed by atoms with Gasteiger partial charge in [-0.2, -0.15) is 0 Å². The summed E-state index contributed by atoms with van der Waals surface area (Å²) in [7, 11) is 0. The smallest absolute Gasteiger partial charge is 0.340 e. The lowest BCUT2D eigenvalue weighted by Crippen LogP contribution is -2.31. The molecule has 1 aromatic rings. The van der Waals surface area contributed by atoms with Crippen LogP contribution in [0, 0.1) is 0 Å². The Hall–Kier alpha value is -1.79. The third kappa shape index (κ3) is 4.34. The Morgan fingerprint density at radius 3 is 2.81 bits per heavy atom. The molecule has 1 heterocycles. The SMILES string of the molecule is CCOC(=O)C1=CNC(SC)=NC1OCc1ccccc1. The highest BCUT2D eigenvalue weighted by atomic mass is 32.2. The first-order valence-electron chi connectivity index (χ1n) is 6.65. The molecular formula is C15H18N2O3S. The molecule has 1 aliphatic heterocycles. The topological polar surface area (TPSA) is 59.9 Å². The number of aliphatic imine (C=N–C) groups is 1. The standard InChI is InChI=1S/C15H18N2O3S/c1-3-19-14(18)12-9-16-15(21-2)17-13(12)20-10-11-7-5-4-6-8-11/h4-9,13H,3,10H2,1-2H3,(H,16,17). The lowest BCUT2D eigenvalue weighted by Gasteiger charge is -2.21. The van der Waals surface area contributed by atoms with Gasteiger partial charge in [0.25, 0.3) is 0 Å². The molecule has 6 heteroatoms. The zero-order valence-corrected chi connectivity index (χ0v) is 12.9. The van der Waals surface area contributed by atoms with E-state index < -0.39 is 12.2 Å². The van der Waals surface area contributed by atoms with Crippen molar-refractivity contribution in [2.45, 2.75) is 19.8 Å². The zero-order valence-electron chi connectivity index (χ0n) is 12.0. The quantitative estimate of drug-likeness (QED) is 0.846. The molecule has 21 heavy (non-hydrogen) atoms. The molecule has 1 aromatic carbocycles. The molecule has 5 nitrogen and oxygen atoms in total. The number of carbonyl (C=O) groups excluding carboxylic acids is 1. The fraction of sp³-hybridized carbons (Fsp3) is 0.333. The summed E-state index contributed by atoms with van der Waals surface area (Å²) >= 11 is 1.46. The van der Waals surface area contributed by atoms with Crippen LogP contribution in [-0.4, -0.2) is 30.2 Å². The molecule has 1 N–H and O–H groups in total. The fourth-order valence-corrected chi connectivity index (χ4v) is 2.16. The van der Waals surface area contributed by atoms with E-state index in [2.05, 4.69) is 10.3 Å². The van der Waals surface area contributed by atoms with Gasteiger partial charge < -0.3 is 14.8 Å². The maximum Gasteiger partial charge on any atom is 0.340 e. The molecule has 1 atom stereocenters. The number of esters is 1. The highest BCUT2D eigenvalue weighted by molar-refractivity contribution is 8.13. The number of rotatable bonds is 5. The van der Waals surface area contributed by atoms with Crippen LogP contribution < -0.4 is 5.32 Å². The third-order valence-electron chi connectivity index (χ3n) is 2.81. The number of nitrogens with one attached hydrogen (secondary N) is 1. The molecular weight excluding hydrogens is 288 g/mol. The Bertz CT molecular complexity index is 543. The molecule has 0 radical (unpaired) electrons. The van der Waals surface area contributed by atoms with Crippen LogP contribution in [0.25, 0.3) is 0 Å². The molecule has 0 fully saturated rings. The van der Waals surface area contributed by atoms with Crippen molar-refractivity contribution in [3.63, 3.8) is 0 Å². The van der Waals surface area contributed by atoms with Gasteiger partial charge in [-0.3, -0.25) is 0 Å². The Morgan fingerprint density at radius 2 is 2.14 bits per heavy atom. The van der Waals surface area contributed by atoms with Gasteiger partial charge >= 0.3 is 5.97 Å². The first-order valence-corrected chi connectivity index (χ1v) is 7.88. The van der Waals surface area contributed by atoms with Crippen LogP contribution in [0.5, 0.6) is 0 Å². The summed E-state index contributed by atoms with van der Waals surface area (Å²) in [6.07, 6.45) is 2.86. The summed E-state index contributed by atoms with van der Waals surface area (Å²) in [4.78, 5) is 16.3. The van der Waals surface area contributed by atoms with Crippen molar-refractivity contribution in [2.24, 2.45) is 4.99 Å². The van der Waals surface area contributed by atoms with E-state index in [1.165, 1.54) is 11.8 Å². The minimum Gasteiger partial charge on any atom is -0.462 e. The van der Waals surface area contributed by atoms with Crippen LogP contribution in [-0.2, 0) is 20.9 Å². The molecule has 0 saturated heterocycles. The molecule has 1 unspecified atom stereocenters. The lowest BCUT2D eigenvalue weighted by atomic mass is 10.2. The number of ether oxygens (including phenoxy) is 2. The zero-order chi connectivity index (χ0) is 15.1. The molecule has 0 saturated carbocycles. The maximum atomic E-state index is 11.9. The van der Waals surface area contributed by atoms with Crippen molar-refractivity contribution in [3.05, 3.63) is 47.7 Å². The minimum absolute atomic E-state index is 0.320. The predicted octanol–water partition coefficient (Wildman–Crippen LogP) is 2.30. The largest absolute Gasteiger partial charge is 0.462 e. The van der Waals surface area contributed by atoms with Crippen LogP contribution in [0.1, 0.15) is 12.5 Å². The van der Waals surface area contributed by atoms with E-state index in [0.717, 1.165) is 5.56 Å². The highest BCUT2D eigenvalue weighted by Crippen LogP contribution is 2.18. The molecule has 2 rings (SSSR count). The minimum atomic E-state index is -0.645.